The Morgan fingerprint density at radius 3 is 1.47 bits per heavy atom. The van der Waals surface area contributed by atoms with Gasteiger partial charge in [-0.15, -0.1) is 0 Å². The number of carbonyl (C=O) groups is 2. The third kappa shape index (κ3) is 37.6. The molecule has 0 saturated heterocycles. The van der Waals surface area contributed by atoms with E-state index in [9.17, 15) is 14.2 Å². The summed E-state index contributed by atoms with van der Waals surface area (Å²) in [5, 5.41) is 0. The third-order valence-corrected chi connectivity index (χ3v) is 7.49. The number of esters is 2. The monoisotopic (exact) mass is 702 g/mol. The van der Waals surface area contributed by atoms with Gasteiger partial charge in [0, 0.05) is 12.8 Å². The molecule has 0 spiro atoms. The highest BCUT2D eigenvalue weighted by atomic mass is 31.2. The number of hydrogen-bond acceptors (Lipinski definition) is 6. The predicted octanol–water partition coefficient (Wildman–Crippen LogP) is 10.7. The van der Waals surface area contributed by atoms with Gasteiger partial charge in [0.1, 0.15) is 6.61 Å². The number of unbranched alkanes of at least 4 members (excludes halogenated alkanes) is 11. The van der Waals surface area contributed by atoms with E-state index in [0.29, 0.717) is 12.8 Å². The Balaban J connectivity index is 4.10. The van der Waals surface area contributed by atoms with Gasteiger partial charge in [0.15, 0.2) is 6.10 Å². The fourth-order valence-electron chi connectivity index (χ4n) is 4.34. The van der Waals surface area contributed by atoms with E-state index in [-0.39, 0.29) is 19.4 Å². The second kappa shape index (κ2) is 34.8. The minimum atomic E-state index is -4.77. The van der Waals surface area contributed by atoms with Crippen molar-refractivity contribution in [2.75, 3.05) is 13.2 Å². The van der Waals surface area contributed by atoms with Crippen molar-refractivity contribution in [2.45, 2.75) is 129 Å². The summed E-state index contributed by atoms with van der Waals surface area (Å²) in [5.41, 5.74) is 0. The van der Waals surface area contributed by atoms with Crippen LogP contribution in [-0.2, 0) is 28.2 Å². The zero-order chi connectivity index (χ0) is 36.1. The van der Waals surface area contributed by atoms with Crippen LogP contribution in [0.25, 0.3) is 0 Å². The molecule has 1 atom stereocenters. The molecule has 2 N–H and O–H groups in total. The molecule has 0 aliphatic carbocycles. The molecule has 276 valence electrons. The van der Waals surface area contributed by atoms with Gasteiger partial charge in [-0.2, -0.15) is 0 Å². The third-order valence-electron chi connectivity index (χ3n) is 7.01. The maximum Gasteiger partial charge on any atom is 0.469 e. The van der Waals surface area contributed by atoms with Crippen molar-refractivity contribution in [1.29, 1.82) is 0 Å². The normalized spacial score (nSPS) is 13.6. The van der Waals surface area contributed by atoms with Crippen LogP contribution in [0.1, 0.15) is 123 Å². The minimum absolute atomic E-state index is 0.176. The van der Waals surface area contributed by atoms with Crippen LogP contribution in [0, 0.1) is 0 Å². The smallest absolute Gasteiger partial charge is 0.462 e. The van der Waals surface area contributed by atoms with E-state index in [1.807, 2.05) is 54.7 Å². The number of phosphoric acid groups is 1. The molecule has 0 bridgehead atoms. The van der Waals surface area contributed by atoms with E-state index in [4.69, 9.17) is 19.3 Å². The lowest BCUT2D eigenvalue weighted by Gasteiger charge is -2.18. The van der Waals surface area contributed by atoms with Gasteiger partial charge < -0.3 is 19.3 Å². The van der Waals surface area contributed by atoms with Gasteiger partial charge in [0.25, 0.3) is 0 Å². The van der Waals surface area contributed by atoms with Gasteiger partial charge >= 0.3 is 19.8 Å². The lowest BCUT2D eigenvalue weighted by Crippen LogP contribution is -2.29. The van der Waals surface area contributed by atoms with Crippen LogP contribution in [0.5, 0.6) is 0 Å². The van der Waals surface area contributed by atoms with Crippen molar-refractivity contribution in [3.05, 3.63) is 97.2 Å². The summed E-state index contributed by atoms with van der Waals surface area (Å²) in [6.07, 6.45) is 46.9. The van der Waals surface area contributed by atoms with Crippen molar-refractivity contribution in [3.63, 3.8) is 0 Å². The molecule has 0 rings (SSSR count). The van der Waals surface area contributed by atoms with E-state index in [1.54, 1.807) is 0 Å². The van der Waals surface area contributed by atoms with Crippen molar-refractivity contribution in [3.8, 4) is 0 Å². The topological polar surface area (TPSA) is 119 Å². The summed E-state index contributed by atoms with van der Waals surface area (Å²) in [5.74, 6) is -0.952. The first kappa shape index (κ1) is 46.0. The molecule has 0 aromatic rings. The summed E-state index contributed by atoms with van der Waals surface area (Å²) in [6, 6.07) is 0. The lowest BCUT2D eigenvalue weighted by atomic mass is 10.1. The Kier molecular flexibility index (Phi) is 32.7. The van der Waals surface area contributed by atoms with E-state index in [2.05, 4.69) is 60.9 Å². The van der Waals surface area contributed by atoms with Crippen LogP contribution >= 0.6 is 7.82 Å². The van der Waals surface area contributed by atoms with Crippen LogP contribution < -0.4 is 0 Å². The number of hydrogen-bond donors (Lipinski definition) is 2. The molecule has 8 nitrogen and oxygen atoms in total. The number of ether oxygens (including phenoxy) is 2. The molecule has 0 aromatic carbocycles. The summed E-state index contributed by atoms with van der Waals surface area (Å²) < 4.78 is 26.2. The van der Waals surface area contributed by atoms with E-state index < -0.39 is 32.5 Å². The predicted molar refractivity (Wildman–Crippen MR) is 202 cm³/mol. The number of rotatable bonds is 31. The average molecular weight is 703 g/mol. The molecule has 0 radical (unpaired) electrons. The molecular weight excluding hydrogens is 639 g/mol. The summed E-state index contributed by atoms with van der Waals surface area (Å²) in [6.45, 7) is 3.39. The second-order valence-corrected chi connectivity index (χ2v) is 12.9. The van der Waals surface area contributed by atoms with Crippen LogP contribution in [0.15, 0.2) is 97.2 Å². The quantitative estimate of drug-likeness (QED) is 0.0317. The molecule has 9 heteroatoms. The van der Waals surface area contributed by atoms with Gasteiger partial charge in [-0.25, -0.2) is 4.57 Å². The van der Waals surface area contributed by atoms with Crippen LogP contribution in [0.4, 0.5) is 0 Å². The van der Waals surface area contributed by atoms with Gasteiger partial charge in [0.2, 0.25) is 0 Å². The Labute approximate surface area is 296 Å². The van der Waals surface area contributed by atoms with Crippen LogP contribution in [-0.4, -0.2) is 41.0 Å². The van der Waals surface area contributed by atoms with Gasteiger partial charge in [-0.05, 0) is 51.4 Å². The minimum Gasteiger partial charge on any atom is -0.462 e. The molecule has 0 aliphatic heterocycles. The highest BCUT2D eigenvalue weighted by Crippen LogP contribution is 2.35. The van der Waals surface area contributed by atoms with Crippen molar-refractivity contribution in [2.24, 2.45) is 0 Å². The van der Waals surface area contributed by atoms with E-state index in [1.165, 1.54) is 0 Å². The molecule has 0 saturated carbocycles. The highest BCUT2D eigenvalue weighted by molar-refractivity contribution is 7.46. The van der Waals surface area contributed by atoms with E-state index in [0.717, 1.165) is 83.5 Å². The summed E-state index contributed by atoms with van der Waals surface area (Å²) in [7, 11) is -4.77. The first-order chi connectivity index (χ1) is 23.8. The van der Waals surface area contributed by atoms with Crippen molar-refractivity contribution >= 4 is 19.8 Å². The Hall–Kier alpha value is -3.03. The van der Waals surface area contributed by atoms with Gasteiger partial charge in [-0.3, -0.25) is 14.1 Å². The van der Waals surface area contributed by atoms with Gasteiger partial charge in [0.05, 0.1) is 6.61 Å². The standard InChI is InChI=1S/C40H63O8P/c1-3-5-7-9-11-13-15-17-18-19-20-21-23-24-26-28-30-32-34-39(41)46-36-38(37-47-49(43,44)45)48-40(42)35-33-31-29-27-25-22-16-14-12-10-8-6-4-2/h6-21,38H,3-5,22-37H2,1-2H3,(H2,43,44,45)/b8-6+,9-7+,12-10+,13-11+,16-14+,17-15+,19-18+,21-20+. The second-order valence-electron chi connectivity index (χ2n) is 11.6. The lowest BCUT2D eigenvalue weighted by molar-refractivity contribution is -0.161. The summed E-state index contributed by atoms with van der Waals surface area (Å²) >= 11 is 0. The maximum absolute atomic E-state index is 12.3. The van der Waals surface area contributed by atoms with Crippen molar-refractivity contribution < 1.29 is 37.9 Å². The molecule has 49 heavy (non-hydrogen) atoms. The molecular formula is C40H63O8P. The number of allylic oxidation sites excluding steroid dienone is 16. The first-order valence-electron chi connectivity index (χ1n) is 18.1. The molecule has 1 unspecified atom stereocenters. The fraction of sp³-hybridized carbons (Fsp3) is 0.550. The largest absolute Gasteiger partial charge is 0.469 e. The maximum atomic E-state index is 12.3. The SMILES string of the molecule is CC/C=C/C=C/C=C/CCCCCCCC(=O)OC(COC(=O)CCCCCCC/C=C/C=C/C=C/C=C/C=C/CCC)COP(=O)(O)O. The zero-order valence-corrected chi connectivity index (χ0v) is 30.9. The Morgan fingerprint density at radius 1 is 0.551 bits per heavy atom. The van der Waals surface area contributed by atoms with Gasteiger partial charge in [-0.1, -0.05) is 156 Å². The molecule has 0 fully saturated rings. The molecule has 0 aliphatic rings. The highest BCUT2D eigenvalue weighted by Gasteiger charge is 2.22. The summed E-state index contributed by atoms with van der Waals surface area (Å²) in [4.78, 5) is 42.7. The Bertz CT molecular complexity index is 1110. The Morgan fingerprint density at radius 2 is 0.980 bits per heavy atom. The molecule has 0 heterocycles. The van der Waals surface area contributed by atoms with Crippen LogP contribution in [0.2, 0.25) is 0 Å². The molecule has 0 aromatic heterocycles. The average Bonchev–Trinajstić information content (AvgIpc) is 3.07. The number of phosphoric ester groups is 1. The van der Waals surface area contributed by atoms with Crippen molar-refractivity contribution in [1.82, 2.24) is 0 Å². The zero-order valence-electron chi connectivity index (χ0n) is 30.0. The number of carbonyl (C=O) groups excluding carboxylic acids is 2. The van der Waals surface area contributed by atoms with Crippen LogP contribution in [0.3, 0.4) is 0 Å². The van der Waals surface area contributed by atoms with E-state index >= 15 is 0 Å². The molecule has 0 amide bonds. The fourth-order valence-corrected chi connectivity index (χ4v) is 4.70. The first-order valence-corrected chi connectivity index (χ1v) is 19.7.